The van der Waals surface area contributed by atoms with E-state index in [2.05, 4.69) is 86.7 Å². The van der Waals surface area contributed by atoms with Gasteiger partial charge in [-0.2, -0.15) is 75.9 Å². The van der Waals surface area contributed by atoms with E-state index >= 15 is 0 Å². The average Bonchev–Trinajstić information content (AvgIpc) is 3.59. The first kappa shape index (κ1) is 22.8. The van der Waals surface area contributed by atoms with Crippen LogP contribution in [0.15, 0.2) is 103 Å². The van der Waals surface area contributed by atoms with Gasteiger partial charge in [-0.15, -0.1) is 11.8 Å². The van der Waals surface area contributed by atoms with Gasteiger partial charge in [0.1, 0.15) is 6.33 Å². The first-order chi connectivity index (χ1) is 16.8. The predicted octanol–water partition coefficient (Wildman–Crippen LogP) is 5.66. The van der Waals surface area contributed by atoms with Crippen molar-refractivity contribution < 1.29 is 20.1 Å². The van der Waals surface area contributed by atoms with Crippen LogP contribution in [-0.2, 0) is 20.1 Å². The summed E-state index contributed by atoms with van der Waals surface area (Å²) in [7, 11) is 2.06. The molecule has 0 atom stereocenters. The van der Waals surface area contributed by atoms with Crippen molar-refractivity contribution in [1.82, 2.24) is 19.2 Å². The predicted molar refractivity (Wildman–Crippen MR) is 135 cm³/mol. The third kappa shape index (κ3) is 4.09. The Morgan fingerprint density at radius 2 is 1.34 bits per heavy atom. The molecular formula is C28H21IrN6. The van der Waals surface area contributed by atoms with Gasteiger partial charge in [-0.1, -0.05) is 30.0 Å². The van der Waals surface area contributed by atoms with Crippen LogP contribution in [0.4, 0.5) is 17.1 Å². The molecule has 0 fully saturated rings. The zero-order valence-electron chi connectivity index (χ0n) is 18.9. The van der Waals surface area contributed by atoms with Gasteiger partial charge in [0, 0.05) is 11.4 Å². The smallest absolute Gasteiger partial charge is 0.504 e. The van der Waals surface area contributed by atoms with E-state index in [1.807, 2.05) is 65.2 Å². The average molecular weight is 634 g/mol. The summed E-state index contributed by atoms with van der Waals surface area (Å²) in [4.78, 5) is 8.60. The van der Waals surface area contributed by atoms with Crippen LogP contribution in [0.25, 0.3) is 22.5 Å². The van der Waals surface area contributed by atoms with E-state index < -0.39 is 0 Å². The molecule has 0 saturated heterocycles. The second-order valence-electron chi connectivity index (χ2n) is 7.88. The fourth-order valence-electron chi connectivity index (χ4n) is 4.25. The van der Waals surface area contributed by atoms with Gasteiger partial charge < -0.3 is 14.4 Å². The van der Waals surface area contributed by atoms with Gasteiger partial charge >= 0.3 is 20.1 Å². The Balaban J connectivity index is 0.000000142. The van der Waals surface area contributed by atoms with E-state index in [1.165, 1.54) is 11.4 Å². The maximum absolute atomic E-state index is 4.33. The Bertz CT molecular complexity index is 1560. The summed E-state index contributed by atoms with van der Waals surface area (Å²) < 4.78 is 3.90. The van der Waals surface area contributed by atoms with Crippen molar-refractivity contribution in [2.24, 2.45) is 0 Å². The largest absolute Gasteiger partial charge is 3.00 e. The summed E-state index contributed by atoms with van der Waals surface area (Å²) >= 11 is 0. The maximum atomic E-state index is 4.33. The summed E-state index contributed by atoms with van der Waals surface area (Å²) in [5.41, 5.74) is 6.58. The van der Waals surface area contributed by atoms with Gasteiger partial charge in [-0.05, 0) is 31.3 Å². The monoisotopic (exact) mass is 634 g/mol. The summed E-state index contributed by atoms with van der Waals surface area (Å²) in [6, 6.07) is 38.8. The van der Waals surface area contributed by atoms with Crippen molar-refractivity contribution >= 4 is 33.9 Å². The third-order valence-corrected chi connectivity index (χ3v) is 5.78. The van der Waals surface area contributed by atoms with E-state index in [0.29, 0.717) is 0 Å². The Labute approximate surface area is 217 Å². The van der Waals surface area contributed by atoms with Crippen LogP contribution in [0.5, 0.6) is 0 Å². The van der Waals surface area contributed by atoms with Crippen LogP contribution in [0, 0.1) is 18.8 Å². The molecular weight excluding hydrogens is 613 g/mol. The molecule has 7 rings (SSSR count). The fourth-order valence-corrected chi connectivity index (χ4v) is 4.25. The number of hydrogen-bond donors (Lipinski definition) is 0. The minimum atomic E-state index is 0. The molecule has 7 heteroatoms. The van der Waals surface area contributed by atoms with Gasteiger partial charge in [0.05, 0.1) is 11.0 Å². The Kier molecular flexibility index (Phi) is 6.36. The van der Waals surface area contributed by atoms with Crippen LogP contribution in [0.1, 0.15) is 0 Å². The molecule has 0 amide bonds. The first-order valence-electron chi connectivity index (χ1n) is 11.0. The third-order valence-electron chi connectivity index (χ3n) is 5.78. The molecule has 3 heterocycles. The number of imidazole rings is 1. The molecule has 4 aromatic carbocycles. The van der Waals surface area contributed by atoms with Gasteiger partial charge in [-0.25, -0.2) is 0 Å². The van der Waals surface area contributed by atoms with E-state index in [9.17, 15) is 0 Å². The zero-order chi connectivity index (χ0) is 22.9. The van der Waals surface area contributed by atoms with Crippen molar-refractivity contribution in [1.29, 1.82) is 0 Å². The molecule has 0 N–H and O–H groups in total. The molecule has 0 unspecified atom stereocenters. The zero-order valence-corrected chi connectivity index (χ0v) is 21.3. The second-order valence-corrected chi connectivity index (χ2v) is 7.88. The second kappa shape index (κ2) is 9.74. The van der Waals surface area contributed by atoms with E-state index in [0.717, 1.165) is 28.2 Å². The molecule has 6 nitrogen and oxygen atoms in total. The van der Waals surface area contributed by atoms with Gasteiger partial charge in [0.25, 0.3) is 0 Å². The van der Waals surface area contributed by atoms with Crippen molar-refractivity contribution in [3.05, 3.63) is 122 Å². The van der Waals surface area contributed by atoms with Crippen molar-refractivity contribution in [2.45, 2.75) is 0 Å². The quantitative estimate of drug-likeness (QED) is 0.231. The molecule has 0 aliphatic carbocycles. The molecule has 6 aromatic rings. The number of benzene rings is 4. The molecule has 1 aliphatic heterocycles. The van der Waals surface area contributed by atoms with E-state index in [-0.39, 0.29) is 20.1 Å². The Morgan fingerprint density at radius 3 is 2.06 bits per heavy atom. The van der Waals surface area contributed by atoms with Crippen molar-refractivity contribution in [3.8, 4) is 5.69 Å². The first-order valence-corrected chi connectivity index (χ1v) is 11.0. The number of anilines is 3. The van der Waals surface area contributed by atoms with Gasteiger partial charge in [-0.3, -0.25) is 0 Å². The topological polar surface area (TPSA) is 41.6 Å². The number of fused-ring (bicyclic) bond motifs is 4. The van der Waals surface area contributed by atoms with Gasteiger partial charge in [0.2, 0.25) is 5.78 Å². The molecule has 0 spiro atoms. The van der Waals surface area contributed by atoms with Crippen molar-refractivity contribution in [3.63, 3.8) is 0 Å². The summed E-state index contributed by atoms with van der Waals surface area (Å²) in [5.74, 6) is 0.804. The number of aromatic nitrogens is 4. The molecule has 1 aliphatic rings. The Hall–Kier alpha value is -3.93. The summed E-state index contributed by atoms with van der Waals surface area (Å²) in [5, 5.41) is 4.26. The van der Waals surface area contributed by atoms with Crippen LogP contribution in [-0.4, -0.2) is 26.2 Å². The molecule has 35 heavy (non-hydrogen) atoms. The summed E-state index contributed by atoms with van der Waals surface area (Å²) in [6.07, 6.45) is 1.57. The number of para-hydroxylation sites is 6. The fraction of sp³-hybridized carbons (Fsp3) is 0.0357. The standard InChI is InChI=1S/C14H9N4.C14H12N2.Ir/c1-2-6-11(7-3-1)17-12-8-4-5-9-13(12)18-14(17)15-10-16-18;1-15-11-16(12-7-3-2-4-8-12)14-10-6-5-9-13(14)15;/h1-6,8-10H;2-7,9-11H,1H3;/q-1;-2;+3. The maximum Gasteiger partial charge on any atom is 3.00 e. The molecule has 2 aromatic heterocycles. The van der Waals surface area contributed by atoms with Crippen LogP contribution < -0.4 is 9.80 Å². The molecule has 0 saturated carbocycles. The molecule has 0 bridgehead atoms. The van der Waals surface area contributed by atoms with E-state index in [4.69, 9.17) is 0 Å². The van der Waals surface area contributed by atoms with Crippen LogP contribution >= 0.6 is 0 Å². The minimum absolute atomic E-state index is 0. The minimum Gasteiger partial charge on any atom is -0.504 e. The normalized spacial score (nSPS) is 12.3. The number of rotatable bonds is 2. The van der Waals surface area contributed by atoms with Crippen molar-refractivity contribution in [2.75, 3.05) is 16.8 Å². The SMILES string of the molecule is CN1[CH-]N(c2[c-]cccc2)c2ccccc21.[Ir+3].[c-]1ccccc1-n1c2ccccc2n2ncnc12. The number of hydrogen-bond acceptors (Lipinski definition) is 4. The number of nitrogens with zero attached hydrogens (tertiary/aromatic N) is 6. The Morgan fingerprint density at radius 1 is 0.714 bits per heavy atom. The van der Waals surface area contributed by atoms with Gasteiger partial charge in [0.15, 0.2) is 0 Å². The van der Waals surface area contributed by atoms with Crippen LogP contribution in [0.3, 0.4) is 0 Å². The van der Waals surface area contributed by atoms with Crippen LogP contribution in [0.2, 0.25) is 0 Å². The molecule has 172 valence electrons. The summed E-state index contributed by atoms with van der Waals surface area (Å²) in [6.45, 7) is 2.08. The molecule has 0 radical (unpaired) electrons. The van der Waals surface area contributed by atoms with E-state index in [1.54, 1.807) is 6.33 Å².